The van der Waals surface area contributed by atoms with Gasteiger partial charge in [0.1, 0.15) is 18.1 Å². The Morgan fingerprint density at radius 1 is 1.15 bits per heavy atom. The van der Waals surface area contributed by atoms with Gasteiger partial charge in [-0.25, -0.2) is 0 Å². The summed E-state index contributed by atoms with van der Waals surface area (Å²) in [5, 5.41) is 10.3. The van der Waals surface area contributed by atoms with Gasteiger partial charge < -0.3 is 9.84 Å². The van der Waals surface area contributed by atoms with Crippen LogP contribution in [-0.2, 0) is 45.0 Å². The Labute approximate surface area is 158 Å². The monoisotopic (exact) mass is 374 g/mol. The largest absolute Gasteiger partial charge is 0.507 e. The summed E-state index contributed by atoms with van der Waals surface area (Å²) in [6.07, 6.45) is 1.03. The normalized spacial score (nSPS) is 12.7. The van der Waals surface area contributed by atoms with Crippen molar-refractivity contribution in [2.75, 3.05) is 12.4 Å². The number of rotatable bonds is 10. The number of carbonyl (C=O) groups excluding carboxylic acids is 1. The fraction of sp³-hybridized carbons (Fsp3) is 0.562. The molecule has 0 aromatic heterocycles. The Hall–Kier alpha value is -1.41. The van der Waals surface area contributed by atoms with Gasteiger partial charge >= 0.3 is 5.97 Å². The first-order chi connectivity index (χ1) is 12.2. The van der Waals surface area contributed by atoms with Gasteiger partial charge in [-0.2, -0.15) is 8.42 Å². The van der Waals surface area contributed by atoms with Gasteiger partial charge in [0.05, 0.1) is 29.5 Å². The van der Waals surface area contributed by atoms with E-state index in [4.69, 9.17) is 32.8 Å². The molecule has 0 bridgehead atoms. The third-order valence-corrected chi connectivity index (χ3v) is 4.88. The molecule has 1 aromatic carbocycles. The summed E-state index contributed by atoms with van der Waals surface area (Å²) < 4.78 is 35.0. The van der Waals surface area contributed by atoms with Gasteiger partial charge in [-0.05, 0) is 29.5 Å². The molecule has 0 amide bonds. The summed E-state index contributed by atoms with van der Waals surface area (Å²) in [7, 11) is 13.0. The topological polar surface area (TPSA) is 101 Å². The van der Waals surface area contributed by atoms with Gasteiger partial charge in [-0.1, -0.05) is 37.5 Å². The molecule has 6 nitrogen and oxygen atoms in total. The fourth-order valence-electron chi connectivity index (χ4n) is 2.71. The Bertz CT molecular complexity index is 736. The smallest absolute Gasteiger partial charge is 0.309 e. The van der Waals surface area contributed by atoms with E-state index in [1.807, 2.05) is 0 Å². The number of phenolic OH excluding ortho intramolecular Hbond substituents is 1. The first kappa shape index (κ1) is 22.6. The maximum atomic E-state index is 12.2. The van der Waals surface area contributed by atoms with Gasteiger partial charge in [0.25, 0.3) is 10.1 Å². The van der Waals surface area contributed by atoms with Crippen molar-refractivity contribution in [2.24, 2.45) is 5.92 Å². The molecule has 136 valence electrons. The lowest BCUT2D eigenvalue weighted by Crippen LogP contribution is -2.23. The van der Waals surface area contributed by atoms with E-state index in [0.717, 1.165) is 5.56 Å². The third kappa shape index (κ3) is 6.09. The highest BCUT2D eigenvalue weighted by Crippen LogP contribution is 2.32. The molecule has 0 aliphatic heterocycles. The summed E-state index contributed by atoms with van der Waals surface area (Å²) in [5.74, 6) is -1.83. The maximum absolute atomic E-state index is 12.2. The predicted octanol–water partition coefficient (Wildman–Crippen LogP) is 0.397. The zero-order valence-corrected chi connectivity index (χ0v) is 15.6. The molecular weight excluding hydrogens is 353 g/mol. The van der Waals surface area contributed by atoms with Crippen molar-refractivity contribution >= 4 is 39.6 Å². The lowest BCUT2D eigenvalue weighted by atomic mass is 9.78. The highest BCUT2D eigenvalue weighted by Gasteiger charge is 2.23. The Morgan fingerprint density at radius 2 is 1.77 bits per heavy atom. The molecule has 1 atom stereocenters. The first-order valence-electron chi connectivity index (χ1n) is 8.25. The minimum atomic E-state index is -4.20. The van der Waals surface area contributed by atoms with Crippen LogP contribution in [0.3, 0.4) is 0 Å². The summed E-state index contributed by atoms with van der Waals surface area (Å²) in [4.78, 5) is 12.2. The molecular formula is C16H21B3O6S. The summed E-state index contributed by atoms with van der Waals surface area (Å²) in [5.41, 5.74) is 2.41. The van der Waals surface area contributed by atoms with Crippen molar-refractivity contribution < 1.29 is 27.6 Å². The Kier molecular flexibility index (Phi) is 8.76. The second-order valence-corrected chi connectivity index (χ2v) is 7.45. The van der Waals surface area contributed by atoms with E-state index in [2.05, 4.69) is 0 Å². The zero-order chi connectivity index (χ0) is 19.9. The lowest BCUT2D eigenvalue weighted by molar-refractivity contribution is -0.148. The molecule has 2 N–H and O–H groups in total. The van der Waals surface area contributed by atoms with E-state index in [1.165, 1.54) is 0 Å². The summed E-state index contributed by atoms with van der Waals surface area (Å²) >= 11 is 0. The fourth-order valence-corrected chi connectivity index (χ4v) is 3.01. The summed E-state index contributed by atoms with van der Waals surface area (Å²) in [6, 6.07) is 1.69. The molecule has 1 unspecified atom stereocenters. The summed E-state index contributed by atoms with van der Waals surface area (Å²) in [6.45, 7) is 1.35. The third-order valence-electron chi connectivity index (χ3n) is 4.20. The number of aromatic hydroxyl groups is 1. The van der Waals surface area contributed by atoms with Gasteiger partial charge in [-0.15, -0.1) is 0 Å². The van der Waals surface area contributed by atoms with Gasteiger partial charge in [-0.3, -0.25) is 9.35 Å². The zero-order valence-electron chi connectivity index (χ0n) is 14.8. The van der Waals surface area contributed by atoms with Crippen LogP contribution in [0.25, 0.3) is 0 Å². The minimum absolute atomic E-state index is 0.00297. The van der Waals surface area contributed by atoms with Crippen LogP contribution in [0.1, 0.15) is 35.6 Å². The average molecular weight is 374 g/mol. The molecule has 0 fully saturated rings. The highest BCUT2D eigenvalue weighted by atomic mass is 32.2. The quantitative estimate of drug-likeness (QED) is 0.350. The van der Waals surface area contributed by atoms with Crippen LogP contribution in [-0.4, -0.2) is 59.9 Å². The Balaban J connectivity index is 3.06. The SMILES string of the molecule is [B]Cc1cc(C[B])c(CC(CC)C(=O)OCCS(=O)(=O)O)c(C[B])c1O. The second kappa shape index (κ2) is 10.1. The molecule has 1 aromatic rings. The predicted molar refractivity (Wildman–Crippen MR) is 101 cm³/mol. The number of phenols is 1. The van der Waals surface area contributed by atoms with Crippen molar-refractivity contribution in [1.82, 2.24) is 0 Å². The van der Waals surface area contributed by atoms with Crippen LogP contribution in [0, 0.1) is 5.92 Å². The number of carbonyl (C=O) groups is 1. The molecule has 6 radical (unpaired) electrons. The number of hydrogen-bond acceptors (Lipinski definition) is 5. The van der Waals surface area contributed by atoms with Crippen molar-refractivity contribution in [2.45, 2.75) is 38.7 Å². The maximum Gasteiger partial charge on any atom is 0.309 e. The number of ether oxygens (including phenoxy) is 1. The van der Waals surface area contributed by atoms with Gasteiger partial charge in [0.15, 0.2) is 0 Å². The van der Waals surface area contributed by atoms with Crippen molar-refractivity contribution in [3.8, 4) is 5.75 Å². The molecule has 0 aliphatic rings. The number of benzene rings is 1. The van der Waals surface area contributed by atoms with E-state index < -0.39 is 34.4 Å². The van der Waals surface area contributed by atoms with Crippen molar-refractivity contribution in [1.29, 1.82) is 0 Å². The van der Waals surface area contributed by atoms with Crippen LogP contribution in [0.15, 0.2) is 6.07 Å². The molecule has 0 spiro atoms. The van der Waals surface area contributed by atoms with Gasteiger partial charge in [0, 0.05) is 0 Å². The molecule has 1 rings (SSSR count). The first-order valence-corrected chi connectivity index (χ1v) is 9.86. The molecule has 26 heavy (non-hydrogen) atoms. The van der Waals surface area contributed by atoms with E-state index in [1.54, 1.807) is 13.0 Å². The molecule has 10 heteroatoms. The van der Waals surface area contributed by atoms with Crippen LogP contribution < -0.4 is 0 Å². The molecule has 0 saturated heterocycles. The number of esters is 1. The van der Waals surface area contributed by atoms with Crippen LogP contribution in [0.5, 0.6) is 5.75 Å². The Morgan fingerprint density at radius 3 is 2.23 bits per heavy atom. The minimum Gasteiger partial charge on any atom is -0.507 e. The standard InChI is InChI=1S/C16H21B3O6S/c1-2-10(16(21)25-3-4-26(22,23)24)6-13-11(7-17)5-12(8-18)15(20)14(13)9-19/h5,10,20H,2-4,6-9H2,1H3,(H,22,23,24). The number of hydrogen-bond donors (Lipinski definition) is 2. The van der Waals surface area contributed by atoms with E-state index in [-0.39, 0.29) is 31.1 Å². The molecule has 0 heterocycles. The van der Waals surface area contributed by atoms with Gasteiger partial charge in [0.2, 0.25) is 0 Å². The lowest BCUT2D eigenvalue weighted by Gasteiger charge is -2.21. The van der Waals surface area contributed by atoms with Crippen molar-refractivity contribution in [3.05, 3.63) is 28.3 Å². The van der Waals surface area contributed by atoms with Crippen LogP contribution in [0.4, 0.5) is 0 Å². The van der Waals surface area contributed by atoms with Crippen molar-refractivity contribution in [3.63, 3.8) is 0 Å². The van der Waals surface area contributed by atoms with Crippen LogP contribution in [0.2, 0.25) is 0 Å². The van der Waals surface area contributed by atoms with E-state index in [0.29, 0.717) is 23.1 Å². The highest BCUT2D eigenvalue weighted by molar-refractivity contribution is 7.85. The van der Waals surface area contributed by atoms with E-state index in [9.17, 15) is 18.3 Å². The molecule has 0 aliphatic carbocycles. The molecule has 0 saturated carbocycles. The van der Waals surface area contributed by atoms with E-state index >= 15 is 0 Å². The second-order valence-electron chi connectivity index (χ2n) is 5.88. The average Bonchev–Trinajstić information content (AvgIpc) is 2.58. The van der Waals surface area contributed by atoms with Crippen LogP contribution >= 0.6 is 0 Å².